The van der Waals surface area contributed by atoms with Gasteiger partial charge in [0.2, 0.25) is 5.91 Å². The Balaban J connectivity index is 1.85. The summed E-state index contributed by atoms with van der Waals surface area (Å²) in [4.78, 5) is 12.1. The van der Waals surface area contributed by atoms with Crippen molar-refractivity contribution in [1.29, 1.82) is 0 Å². The molecule has 4 N–H and O–H groups in total. The minimum atomic E-state index is -0.588. The zero-order chi connectivity index (χ0) is 11.4. The van der Waals surface area contributed by atoms with Crippen LogP contribution in [0.4, 0.5) is 0 Å². The number of rotatable bonds is 2. The van der Waals surface area contributed by atoms with Gasteiger partial charge in [-0.2, -0.15) is 0 Å². The molecule has 1 aliphatic carbocycles. The fourth-order valence-electron chi connectivity index (χ4n) is 2.71. The lowest BCUT2D eigenvalue weighted by Gasteiger charge is -2.34. The molecule has 4 nitrogen and oxygen atoms in total. The Morgan fingerprint density at radius 2 is 2.00 bits per heavy atom. The second-order valence-electron chi connectivity index (χ2n) is 5.23. The molecule has 0 spiro atoms. The van der Waals surface area contributed by atoms with Crippen LogP contribution in [0.3, 0.4) is 0 Å². The van der Waals surface area contributed by atoms with Gasteiger partial charge in [-0.3, -0.25) is 4.79 Å². The summed E-state index contributed by atoms with van der Waals surface area (Å²) >= 11 is 0. The van der Waals surface area contributed by atoms with E-state index >= 15 is 0 Å². The molecule has 0 bridgehead atoms. The van der Waals surface area contributed by atoms with Gasteiger partial charge in [0.25, 0.3) is 0 Å². The molecule has 1 atom stereocenters. The first kappa shape index (κ1) is 11.9. The van der Waals surface area contributed by atoms with E-state index in [-0.39, 0.29) is 11.9 Å². The summed E-state index contributed by atoms with van der Waals surface area (Å²) in [5.41, 5.74) is 5.60. The molecule has 0 radical (unpaired) electrons. The van der Waals surface area contributed by atoms with Gasteiger partial charge in [-0.15, -0.1) is 0 Å². The van der Waals surface area contributed by atoms with Gasteiger partial charge in [0.1, 0.15) is 0 Å². The predicted octanol–water partition coefficient (Wildman–Crippen LogP) is 0.516. The first-order valence-corrected chi connectivity index (χ1v) is 6.51. The third kappa shape index (κ3) is 2.74. The first-order valence-electron chi connectivity index (χ1n) is 6.51. The lowest BCUT2D eigenvalue weighted by molar-refractivity contribution is -0.128. The highest BCUT2D eigenvalue weighted by atomic mass is 16.2. The predicted molar refractivity (Wildman–Crippen MR) is 64.0 cm³/mol. The quantitative estimate of drug-likeness (QED) is 0.641. The average Bonchev–Trinajstić information content (AvgIpc) is 2.31. The van der Waals surface area contributed by atoms with Gasteiger partial charge in [-0.25, -0.2) is 0 Å². The topological polar surface area (TPSA) is 67.2 Å². The van der Waals surface area contributed by atoms with Crippen LogP contribution in [-0.4, -0.2) is 30.6 Å². The van der Waals surface area contributed by atoms with Gasteiger partial charge < -0.3 is 16.4 Å². The molecule has 2 rings (SSSR count). The third-order valence-electron chi connectivity index (χ3n) is 3.83. The largest absolute Gasteiger partial charge is 0.350 e. The summed E-state index contributed by atoms with van der Waals surface area (Å²) < 4.78 is 0. The smallest absolute Gasteiger partial charge is 0.240 e. The molecule has 0 aromatic rings. The van der Waals surface area contributed by atoms with Crippen molar-refractivity contribution in [2.45, 2.75) is 56.5 Å². The lowest BCUT2D eigenvalue weighted by Crippen LogP contribution is -2.59. The third-order valence-corrected chi connectivity index (χ3v) is 3.83. The van der Waals surface area contributed by atoms with Crippen molar-refractivity contribution in [2.75, 3.05) is 13.1 Å². The maximum atomic E-state index is 12.1. The fraction of sp³-hybridized carbons (Fsp3) is 0.917. The molecule has 0 aromatic heterocycles. The van der Waals surface area contributed by atoms with Crippen molar-refractivity contribution in [1.82, 2.24) is 10.6 Å². The molecule has 0 aromatic carbocycles. The number of hydrogen-bond donors (Lipinski definition) is 3. The van der Waals surface area contributed by atoms with Gasteiger partial charge >= 0.3 is 0 Å². The van der Waals surface area contributed by atoms with Crippen LogP contribution < -0.4 is 16.4 Å². The highest BCUT2D eigenvalue weighted by Crippen LogP contribution is 2.26. The van der Waals surface area contributed by atoms with Crippen LogP contribution in [0.1, 0.15) is 44.9 Å². The number of carbonyl (C=O) groups is 1. The van der Waals surface area contributed by atoms with E-state index in [1.54, 1.807) is 0 Å². The van der Waals surface area contributed by atoms with Gasteiger partial charge in [0, 0.05) is 12.6 Å². The molecular formula is C12H23N3O. The van der Waals surface area contributed by atoms with Crippen LogP contribution in [0.2, 0.25) is 0 Å². The maximum absolute atomic E-state index is 12.1. The molecule has 0 unspecified atom stereocenters. The summed E-state index contributed by atoms with van der Waals surface area (Å²) in [6.45, 7) is 1.96. The molecule has 2 aliphatic rings. The van der Waals surface area contributed by atoms with E-state index in [2.05, 4.69) is 10.6 Å². The minimum Gasteiger partial charge on any atom is -0.350 e. The van der Waals surface area contributed by atoms with Crippen molar-refractivity contribution >= 4 is 5.91 Å². The number of nitrogens with one attached hydrogen (secondary N) is 2. The standard InChI is InChI=1S/C12H23N3O/c13-12(6-2-1-3-7-12)11(16)15-10-5-4-8-14-9-10/h10,14H,1-9,13H2,(H,15,16)/t10-/m0/s1. The molecule has 1 heterocycles. The Kier molecular flexibility index (Phi) is 3.82. The second-order valence-corrected chi connectivity index (χ2v) is 5.23. The summed E-state index contributed by atoms with van der Waals surface area (Å²) in [7, 11) is 0. The van der Waals surface area contributed by atoms with E-state index in [9.17, 15) is 4.79 Å². The normalized spacial score (nSPS) is 29.7. The number of piperidine rings is 1. The number of amides is 1. The Morgan fingerprint density at radius 3 is 2.62 bits per heavy atom. The van der Waals surface area contributed by atoms with Crippen LogP contribution in [-0.2, 0) is 4.79 Å². The van der Waals surface area contributed by atoms with Crippen molar-refractivity contribution < 1.29 is 4.79 Å². The summed E-state index contributed by atoms with van der Waals surface area (Å²) in [6, 6.07) is 0.281. The SMILES string of the molecule is NC1(C(=O)N[C@H]2CCCNC2)CCCCC1. The summed E-state index contributed by atoms with van der Waals surface area (Å²) in [6.07, 6.45) is 7.31. The van der Waals surface area contributed by atoms with E-state index < -0.39 is 5.54 Å². The molecule has 92 valence electrons. The van der Waals surface area contributed by atoms with Crippen LogP contribution in [0.25, 0.3) is 0 Å². The minimum absolute atomic E-state index is 0.0703. The highest BCUT2D eigenvalue weighted by molar-refractivity contribution is 5.86. The Bertz CT molecular complexity index is 243. The lowest BCUT2D eigenvalue weighted by atomic mass is 9.81. The molecule has 2 fully saturated rings. The van der Waals surface area contributed by atoms with Gasteiger partial charge in [0.15, 0.2) is 0 Å². The highest BCUT2D eigenvalue weighted by Gasteiger charge is 2.36. The zero-order valence-corrected chi connectivity index (χ0v) is 9.93. The van der Waals surface area contributed by atoms with E-state index in [0.717, 1.165) is 51.6 Å². The molecule has 1 saturated carbocycles. The first-order chi connectivity index (χ1) is 7.71. The van der Waals surface area contributed by atoms with Crippen molar-refractivity contribution in [3.05, 3.63) is 0 Å². The second kappa shape index (κ2) is 5.15. The van der Waals surface area contributed by atoms with Crippen molar-refractivity contribution in [3.8, 4) is 0 Å². The van der Waals surface area contributed by atoms with E-state index in [1.165, 1.54) is 6.42 Å². The fourth-order valence-corrected chi connectivity index (χ4v) is 2.71. The number of hydrogen-bond acceptors (Lipinski definition) is 3. The molecule has 4 heteroatoms. The summed E-state index contributed by atoms with van der Waals surface area (Å²) in [5, 5.41) is 6.40. The van der Waals surface area contributed by atoms with E-state index in [1.807, 2.05) is 0 Å². The van der Waals surface area contributed by atoms with Crippen molar-refractivity contribution in [3.63, 3.8) is 0 Å². The van der Waals surface area contributed by atoms with Crippen LogP contribution in [0.15, 0.2) is 0 Å². The monoisotopic (exact) mass is 225 g/mol. The van der Waals surface area contributed by atoms with Crippen LogP contribution in [0.5, 0.6) is 0 Å². The van der Waals surface area contributed by atoms with Crippen molar-refractivity contribution in [2.24, 2.45) is 5.73 Å². The van der Waals surface area contributed by atoms with Crippen LogP contribution >= 0.6 is 0 Å². The Hall–Kier alpha value is -0.610. The molecular weight excluding hydrogens is 202 g/mol. The molecule has 1 amide bonds. The average molecular weight is 225 g/mol. The Labute approximate surface area is 97.3 Å². The number of carbonyl (C=O) groups excluding carboxylic acids is 1. The van der Waals surface area contributed by atoms with Gasteiger partial charge in [0.05, 0.1) is 5.54 Å². The molecule has 1 aliphatic heterocycles. The number of nitrogens with two attached hydrogens (primary N) is 1. The van der Waals surface area contributed by atoms with E-state index in [4.69, 9.17) is 5.73 Å². The zero-order valence-electron chi connectivity index (χ0n) is 9.93. The molecule has 1 saturated heterocycles. The summed E-state index contributed by atoms with van der Waals surface area (Å²) in [5.74, 6) is 0.0703. The maximum Gasteiger partial charge on any atom is 0.240 e. The van der Waals surface area contributed by atoms with Gasteiger partial charge in [-0.05, 0) is 32.2 Å². The van der Waals surface area contributed by atoms with Crippen LogP contribution in [0, 0.1) is 0 Å². The molecule has 16 heavy (non-hydrogen) atoms. The Morgan fingerprint density at radius 1 is 1.25 bits per heavy atom. The van der Waals surface area contributed by atoms with E-state index in [0.29, 0.717) is 0 Å². The van der Waals surface area contributed by atoms with Gasteiger partial charge in [-0.1, -0.05) is 19.3 Å².